The average Bonchev–Trinajstić information content (AvgIpc) is 3.05. The van der Waals surface area contributed by atoms with Crippen molar-refractivity contribution in [3.8, 4) is 11.5 Å². The molecule has 1 N–H and O–H groups in total. The van der Waals surface area contributed by atoms with Gasteiger partial charge in [0.2, 0.25) is 0 Å². The van der Waals surface area contributed by atoms with E-state index >= 15 is 0 Å². The number of carbonyl (C=O) groups excluding carboxylic acids is 3. The molecular weight excluding hydrogens is 560 g/mol. The molecule has 1 aliphatic rings. The molecule has 1 aliphatic heterocycles. The van der Waals surface area contributed by atoms with Gasteiger partial charge in [0, 0.05) is 4.47 Å². The molecule has 0 spiro atoms. The van der Waals surface area contributed by atoms with Gasteiger partial charge in [-0.15, -0.1) is 0 Å². The maximum absolute atomic E-state index is 12.9. The summed E-state index contributed by atoms with van der Waals surface area (Å²) in [5.74, 6) is -0.899. The number of halogens is 2. The Morgan fingerprint density at radius 2 is 1.82 bits per heavy atom. The second-order valence-electron chi connectivity index (χ2n) is 7.16. The van der Waals surface area contributed by atoms with Crippen molar-refractivity contribution in [2.45, 2.75) is 26.9 Å². The van der Waals surface area contributed by atoms with E-state index in [1.807, 2.05) is 6.07 Å². The molecule has 0 bridgehead atoms. The number of nitrogens with one attached hydrogen (secondary N) is 1. The van der Waals surface area contributed by atoms with Crippen molar-refractivity contribution in [2.75, 3.05) is 18.2 Å². The number of amides is 2. The fraction of sp³-hybridized carbons (Fsp3) is 0.261. The number of esters is 1. The van der Waals surface area contributed by atoms with Gasteiger partial charge in [0.15, 0.2) is 18.1 Å². The van der Waals surface area contributed by atoms with Crippen molar-refractivity contribution in [1.82, 2.24) is 5.43 Å². The Balaban J connectivity index is 1.93. The Labute approximate surface area is 208 Å². The van der Waals surface area contributed by atoms with E-state index < -0.39 is 17.8 Å². The zero-order valence-electron chi connectivity index (χ0n) is 18.2. The van der Waals surface area contributed by atoms with Crippen LogP contribution in [-0.2, 0) is 19.1 Å². The van der Waals surface area contributed by atoms with E-state index in [0.717, 1.165) is 0 Å². The van der Waals surface area contributed by atoms with Gasteiger partial charge in [-0.05, 0) is 82.5 Å². The van der Waals surface area contributed by atoms with Crippen LogP contribution in [0.4, 0.5) is 5.69 Å². The zero-order valence-corrected chi connectivity index (χ0v) is 21.4. The summed E-state index contributed by atoms with van der Waals surface area (Å²) >= 11 is 6.92. The summed E-state index contributed by atoms with van der Waals surface area (Å²) in [7, 11) is 0. The molecule has 2 aromatic rings. The molecule has 0 saturated carbocycles. The third-order valence-corrected chi connectivity index (χ3v) is 6.51. The van der Waals surface area contributed by atoms with E-state index in [9.17, 15) is 14.4 Å². The van der Waals surface area contributed by atoms with Gasteiger partial charge in [-0.3, -0.25) is 15.0 Å². The van der Waals surface area contributed by atoms with E-state index in [2.05, 4.69) is 37.3 Å². The Hall–Kier alpha value is -2.85. The molecule has 174 valence electrons. The van der Waals surface area contributed by atoms with E-state index in [1.165, 1.54) is 11.1 Å². The maximum Gasteiger partial charge on any atom is 0.344 e. The highest BCUT2D eigenvalue weighted by molar-refractivity contribution is 9.13. The van der Waals surface area contributed by atoms with Gasteiger partial charge in [-0.1, -0.05) is 18.2 Å². The fourth-order valence-electron chi connectivity index (χ4n) is 3.01. The topological polar surface area (TPSA) is 94.2 Å². The molecular formula is C23H22Br2N2O6. The van der Waals surface area contributed by atoms with Gasteiger partial charge in [-0.2, -0.15) is 0 Å². The minimum absolute atomic E-state index is 0.0388. The van der Waals surface area contributed by atoms with Gasteiger partial charge in [0.05, 0.1) is 22.9 Å². The largest absolute Gasteiger partial charge is 0.490 e. The average molecular weight is 582 g/mol. The summed E-state index contributed by atoms with van der Waals surface area (Å²) in [6.07, 6.45) is 1.21. The van der Waals surface area contributed by atoms with Crippen LogP contribution in [0.15, 0.2) is 50.9 Å². The highest BCUT2D eigenvalue weighted by Gasteiger charge is 2.34. The highest BCUT2D eigenvalue weighted by Crippen LogP contribution is 2.44. The van der Waals surface area contributed by atoms with E-state index in [1.54, 1.807) is 51.1 Å². The van der Waals surface area contributed by atoms with Gasteiger partial charge in [-0.25, -0.2) is 9.80 Å². The number of hydrogen-bond donors (Lipinski definition) is 1. The van der Waals surface area contributed by atoms with Gasteiger partial charge in [0.1, 0.15) is 5.57 Å². The van der Waals surface area contributed by atoms with Crippen LogP contribution in [0.1, 0.15) is 26.3 Å². The van der Waals surface area contributed by atoms with Crippen LogP contribution in [0, 0.1) is 0 Å². The van der Waals surface area contributed by atoms with Crippen molar-refractivity contribution in [2.24, 2.45) is 0 Å². The lowest BCUT2D eigenvalue weighted by Gasteiger charge is -2.17. The SMILES string of the molecule is CCOc1cc(/C=C2/C(=O)NN(c3ccccc3)C2=O)c(Br)c(Br)c1OCC(=O)OC(C)C. The third-order valence-electron chi connectivity index (χ3n) is 4.36. The summed E-state index contributed by atoms with van der Waals surface area (Å²) in [6.45, 7) is 5.32. The summed E-state index contributed by atoms with van der Waals surface area (Å²) in [6, 6.07) is 10.4. The third kappa shape index (κ3) is 5.75. The summed E-state index contributed by atoms with van der Waals surface area (Å²) in [5.41, 5.74) is 3.58. The number of hydrazine groups is 1. The lowest BCUT2D eigenvalue weighted by atomic mass is 10.1. The molecule has 2 amide bonds. The number of nitrogens with zero attached hydrogens (tertiary/aromatic N) is 1. The van der Waals surface area contributed by atoms with E-state index in [-0.39, 0.29) is 18.3 Å². The Bertz CT molecular complexity index is 1100. The molecule has 0 unspecified atom stereocenters. The van der Waals surface area contributed by atoms with Crippen molar-refractivity contribution < 1.29 is 28.6 Å². The summed E-state index contributed by atoms with van der Waals surface area (Å²) in [4.78, 5) is 37.3. The number of para-hydroxylation sites is 1. The lowest BCUT2D eigenvalue weighted by molar-refractivity contribution is -0.149. The summed E-state index contributed by atoms with van der Waals surface area (Å²) < 4.78 is 17.4. The smallest absolute Gasteiger partial charge is 0.344 e. The number of anilines is 1. The second-order valence-corrected chi connectivity index (χ2v) is 8.74. The van der Waals surface area contributed by atoms with Crippen LogP contribution in [0.3, 0.4) is 0 Å². The van der Waals surface area contributed by atoms with Crippen LogP contribution in [0.5, 0.6) is 11.5 Å². The number of hydrogen-bond acceptors (Lipinski definition) is 6. The molecule has 0 aliphatic carbocycles. The van der Waals surface area contributed by atoms with E-state index in [4.69, 9.17) is 14.2 Å². The van der Waals surface area contributed by atoms with Crippen molar-refractivity contribution in [1.29, 1.82) is 0 Å². The quantitative estimate of drug-likeness (QED) is 0.282. The highest BCUT2D eigenvalue weighted by atomic mass is 79.9. The minimum Gasteiger partial charge on any atom is -0.490 e. The molecule has 0 radical (unpaired) electrons. The maximum atomic E-state index is 12.9. The van der Waals surface area contributed by atoms with Crippen molar-refractivity contribution in [3.63, 3.8) is 0 Å². The van der Waals surface area contributed by atoms with Gasteiger partial charge >= 0.3 is 5.97 Å². The molecule has 33 heavy (non-hydrogen) atoms. The number of rotatable bonds is 8. The standard InChI is InChI=1S/C23H22Br2N2O6/c1-4-31-17-11-14(19(24)20(25)21(17)32-12-18(28)33-13(2)3)10-16-22(29)26-27(23(16)30)15-8-6-5-7-9-15/h5-11,13H,4,12H2,1-3H3,(H,26,29)/b16-10-. The first-order chi connectivity index (χ1) is 15.7. The number of benzene rings is 2. The van der Waals surface area contributed by atoms with E-state index in [0.29, 0.717) is 38.3 Å². The molecule has 1 fully saturated rings. The van der Waals surface area contributed by atoms with Crippen molar-refractivity contribution in [3.05, 3.63) is 56.5 Å². The molecule has 3 rings (SSSR count). The molecule has 10 heteroatoms. The first kappa shape index (κ1) is 24.8. The molecule has 1 saturated heterocycles. The monoisotopic (exact) mass is 580 g/mol. The summed E-state index contributed by atoms with van der Waals surface area (Å²) in [5, 5.41) is 1.19. The predicted octanol–water partition coefficient (Wildman–Crippen LogP) is 4.40. The lowest BCUT2D eigenvalue weighted by Crippen LogP contribution is -2.35. The number of ether oxygens (including phenoxy) is 3. The molecule has 8 nitrogen and oxygen atoms in total. The minimum atomic E-state index is -0.526. The van der Waals surface area contributed by atoms with Crippen LogP contribution in [0.25, 0.3) is 6.08 Å². The van der Waals surface area contributed by atoms with Gasteiger partial charge < -0.3 is 14.2 Å². The van der Waals surface area contributed by atoms with Crippen LogP contribution in [-0.4, -0.2) is 37.1 Å². The van der Waals surface area contributed by atoms with Gasteiger partial charge in [0.25, 0.3) is 11.8 Å². The Kier molecular flexibility index (Phi) is 8.15. The first-order valence-electron chi connectivity index (χ1n) is 10.1. The first-order valence-corrected chi connectivity index (χ1v) is 11.7. The molecule has 0 atom stereocenters. The predicted molar refractivity (Wildman–Crippen MR) is 130 cm³/mol. The normalized spacial score (nSPS) is 14.6. The van der Waals surface area contributed by atoms with Crippen LogP contribution >= 0.6 is 31.9 Å². The molecule has 1 heterocycles. The van der Waals surface area contributed by atoms with Crippen molar-refractivity contribution >= 4 is 61.4 Å². The Morgan fingerprint density at radius 3 is 2.45 bits per heavy atom. The zero-order chi connectivity index (χ0) is 24.1. The second kappa shape index (κ2) is 10.8. The number of carbonyl (C=O) groups is 3. The molecule has 2 aromatic carbocycles. The Morgan fingerprint density at radius 1 is 1.12 bits per heavy atom. The van der Waals surface area contributed by atoms with Crippen LogP contribution in [0.2, 0.25) is 0 Å². The van der Waals surface area contributed by atoms with Crippen LogP contribution < -0.4 is 19.9 Å². The fourth-order valence-corrected chi connectivity index (χ4v) is 3.95. The molecule has 0 aromatic heterocycles.